The van der Waals surface area contributed by atoms with E-state index in [1.165, 1.54) is 25.2 Å². The van der Waals surface area contributed by atoms with E-state index in [2.05, 4.69) is 9.71 Å². The number of aryl methyl sites for hydroxylation is 3. The van der Waals surface area contributed by atoms with E-state index >= 15 is 0 Å². The van der Waals surface area contributed by atoms with E-state index < -0.39 is 21.8 Å². The Morgan fingerprint density at radius 1 is 1.07 bits per heavy atom. The number of hydrogen-bond donors (Lipinski definition) is 1. The van der Waals surface area contributed by atoms with E-state index in [9.17, 15) is 21.6 Å². The summed E-state index contributed by atoms with van der Waals surface area (Å²) in [5.41, 5.74) is 2.24. The molecular formula is C20H20F3N3O2S. The van der Waals surface area contributed by atoms with Crippen LogP contribution in [0.25, 0.3) is 11.3 Å². The van der Waals surface area contributed by atoms with E-state index in [0.717, 1.165) is 23.3 Å². The maximum absolute atomic E-state index is 12.7. The molecule has 1 aromatic heterocycles. The number of nitrogens with one attached hydrogen (secondary N) is 1. The summed E-state index contributed by atoms with van der Waals surface area (Å²) in [6.45, 7) is 0. The zero-order valence-corrected chi connectivity index (χ0v) is 16.7. The van der Waals surface area contributed by atoms with Gasteiger partial charge in [0.05, 0.1) is 22.5 Å². The lowest BCUT2D eigenvalue weighted by atomic mass is 9.98. The Balaban J connectivity index is 1.90. The van der Waals surface area contributed by atoms with Crippen LogP contribution in [0.4, 0.5) is 13.2 Å². The fraction of sp³-hybridized carbons (Fsp3) is 0.250. The largest absolute Gasteiger partial charge is 0.416 e. The number of rotatable bonds is 6. The number of benzene rings is 2. The summed E-state index contributed by atoms with van der Waals surface area (Å²) >= 11 is 0. The van der Waals surface area contributed by atoms with Gasteiger partial charge in [-0.15, -0.1) is 0 Å². The second kappa shape index (κ2) is 8.00. The number of imidazole rings is 1. The van der Waals surface area contributed by atoms with Gasteiger partial charge in [0.1, 0.15) is 0 Å². The van der Waals surface area contributed by atoms with Gasteiger partial charge in [-0.05, 0) is 55.3 Å². The third-order valence-corrected chi connectivity index (χ3v) is 6.02. The van der Waals surface area contributed by atoms with Crippen molar-refractivity contribution in [2.75, 3.05) is 7.05 Å². The molecule has 9 heteroatoms. The number of nitrogens with zero attached hydrogens (tertiary/aromatic N) is 2. The van der Waals surface area contributed by atoms with Crippen molar-refractivity contribution in [3.05, 3.63) is 71.7 Å². The molecule has 0 bridgehead atoms. The molecule has 0 fully saturated rings. The van der Waals surface area contributed by atoms with Gasteiger partial charge in [-0.2, -0.15) is 13.2 Å². The van der Waals surface area contributed by atoms with Crippen molar-refractivity contribution in [1.29, 1.82) is 0 Å². The molecule has 154 valence electrons. The van der Waals surface area contributed by atoms with Gasteiger partial charge in [0, 0.05) is 18.8 Å². The number of hydrogen-bond acceptors (Lipinski definition) is 3. The zero-order valence-electron chi connectivity index (χ0n) is 15.9. The van der Waals surface area contributed by atoms with E-state index in [1.807, 2.05) is 7.05 Å². The van der Waals surface area contributed by atoms with Gasteiger partial charge in [0.15, 0.2) is 0 Å². The lowest BCUT2D eigenvalue weighted by Crippen LogP contribution is -2.18. The molecule has 2 aromatic carbocycles. The van der Waals surface area contributed by atoms with Crippen LogP contribution in [0.15, 0.2) is 59.9 Å². The third-order valence-electron chi connectivity index (χ3n) is 4.61. The summed E-state index contributed by atoms with van der Waals surface area (Å²) in [4.78, 5) is 4.44. The highest BCUT2D eigenvalue weighted by atomic mass is 32.2. The predicted molar refractivity (Wildman–Crippen MR) is 104 cm³/mol. The second-order valence-corrected chi connectivity index (χ2v) is 8.53. The molecule has 0 unspecified atom stereocenters. The minimum absolute atomic E-state index is 0.124. The van der Waals surface area contributed by atoms with Gasteiger partial charge in [0.25, 0.3) is 0 Å². The molecule has 5 nitrogen and oxygen atoms in total. The molecule has 0 saturated heterocycles. The van der Waals surface area contributed by atoms with Gasteiger partial charge < -0.3 is 4.57 Å². The van der Waals surface area contributed by atoms with Gasteiger partial charge in [-0.3, -0.25) is 0 Å². The summed E-state index contributed by atoms with van der Waals surface area (Å²) in [5.74, 6) is 0. The molecule has 0 amide bonds. The van der Waals surface area contributed by atoms with Crippen LogP contribution in [-0.4, -0.2) is 25.0 Å². The highest BCUT2D eigenvalue weighted by molar-refractivity contribution is 7.89. The first-order valence-corrected chi connectivity index (χ1v) is 10.3. The topological polar surface area (TPSA) is 64.0 Å². The normalized spacial score (nSPS) is 12.3. The Morgan fingerprint density at radius 3 is 2.31 bits per heavy atom. The van der Waals surface area contributed by atoms with E-state index in [-0.39, 0.29) is 4.90 Å². The Bertz CT molecular complexity index is 1100. The molecule has 3 rings (SSSR count). The van der Waals surface area contributed by atoms with Crippen molar-refractivity contribution >= 4 is 10.0 Å². The van der Waals surface area contributed by atoms with Gasteiger partial charge in [-0.25, -0.2) is 18.1 Å². The average molecular weight is 423 g/mol. The minimum atomic E-state index is -4.36. The van der Waals surface area contributed by atoms with Crippen LogP contribution in [0.3, 0.4) is 0 Å². The fourth-order valence-corrected chi connectivity index (χ4v) is 3.74. The maximum Gasteiger partial charge on any atom is 0.416 e. The van der Waals surface area contributed by atoms with Crippen molar-refractivity contribution in [2.24, 2.45) is 7.05 Å². The molecule has 0 spiro atoms. The molecule has 3 aromatic rings. The molecule has 0 radical (unpaired) electrons. The first kappa shape index (κ1) is 21.1. The van der Waals surface area contributed by atoms with E-state index in [0.29, 0.717) is 24.1 Å². The second-order valence-electron chi connectivity index (χ2n) is 6.65. The Morgan fingerprint density at radius 2 is 1.76 bits per heavy atom. The first-order valence-electron chi connectivity index (χ1n) is 8.81. The monoisotopic (exact) mass is 423 g/mol. The van der Waals surface area contributed by atoms with Crippen LogP contribution in [0.5, 0.6) is 0 Å². The number of alkyl halides is 3. The standard InChI is InChI=1S/C20H20F3N3O2S/c1-24-29(27,28)17-10-7-15(18(11-17)19-12-26(2)13-25-19)6-3-14-4-8-16(9-5-14)20(21,22)23/h4-5,7-13,24H,3,6H2,1-2H3. The summed E-state index contributed by atoms with van der Waals surface area (Å²) < 4.78 is 66.5. The summed E-state index contributed by atoms with van der Waals surface area (Å²) in [6, 6.07) is 9.86. The Labute approximate surface area is 167 Å². The van der Waals surface area contributed by atoms with Crippen LogP contribution in [-0.2, 0) is 36.1 Å². The quantitative estimate of drug-likeness (QED) is 0.656. The third kappa shape index (κ3) is 4.86. The van der Waals surface area contributed by atoms with E-state index in [1.54, 1.807) is 29.2 Å². The van der Waals surface area contributed by atoms with Crippen molar-refractivity contribution in [1.82, 2.24) is 14.3 Å². The van der Waals surface area contributed by atoms with Crippen molar-refractivity contribution in [3.8, 4) is 11.3 Å². The fourth-order valence-electron chi connectivity index (χ4n) is 2.99. The van der Waals surface area contributed by atoms with Crippen molar-refractivity contribution < 1.29 is 21.6 Å². The zero-order chi connectivity index (χ0) is 21.2. The maximum atomic E-state index is 12.7. The molecule has 1 N–H and O–H groups in total. The Kier molecular flexibility index (Phi) is 5.81. The lowest BCUT2D eigenvalue weighted by molar-refractivity contribution is -0.137. The van der Waals surface area contributed by atoms with Gasteiger partial charge in [-0.1, -0.05) is 18.2 Å². The lowest BCUT2D eigenvalue weighted by Gasteiger charge is -2.12. The van der Waals surface area contributed by atoms with Gasteiger partial charge in [0.2, 0.25) is 10.0 Å². The highest BCUT2D eigenvalue weighted by Gasteiger charge is 2.29. The van der Waals surface area contributed by atoms with Crippen LogP contribution >= 0.6 is 0 Å². The number of aromatic nitrogens is 2. The van der Waals surface area contributed by atoms with Crippen LogP contribution < -0.4 is 4.72 Å². The molecule has 0 saturated carbocycles. The molecule has 0 atom stereocenters. The minimum Gasteiger partial charge on any atom is -0.340 e. The van der Waals surface area contributed by atoms with E-state index in [4.69, 9.17) is 0 Å². The van der Waals surface area contributed by atoms with Crippen LogP contribution in [0.1, 0.15) is 16.7 Å². The molecule has 0 aliphatic carbocycles. The van der Waals surface area contributed by atoms with Crippen LogP contribution in [0, 0.1) is 0 Å². The predicted octanol–water partition coefficient (Wildman–Crippen LogP) is 3.80. The molecule has 1 heterocycles. The first-order chi connectivity index (χ1) is 13.6. The smallest absolute Gasteiger partial charge is 0.340 e. The Hall–Kier alpha value is -2.65. The molecule has 0 aliphatic rings. The number of halogens is 3. The SMILES string of the molecule is CNS(=O)(=O)c1ccc(CCc2ccc(C(F)(F)F)cc2)c(-c2cn(C)cn2)c1. The summed E-state index contributed by atoms with van der Waals surface area (Å²) in [5, 5.41) is 0. The average Bonchev–Trinajstić information content (AvgIpc) is 3.12. The van der Waals surface area contributed by atoms with Crippen molar-refractivity contribution in [3.63, 3.8) is 0 Å². The van der Waals surface area contributed by atoms with Gasteiger partial charge >= 0.3 is 6.18 Å². The van der Waals surface area contributed by atoms with Crippen molar-refractivity contribution in [2.45, 2.75) is 23.9 Å². The molecule has 0 aliphatic heterocycles. The number of sulfonamides is 1. The molecular weight excluding hydrogens is 403 g/mol. The van der Waals surface area contributed by atoms with Crippen LogP contribution in [0.2, 0.25) is 0 Å². The molecule has 29 heavy (non-hydrogen) atoms. The summed E-state index contributed by atoms with van der Waals surface area (Å²) in [6.07, 6.45) is 0.0769. The highest BCUT2D eigenvalue weighted by Crippen LogP contribution is 2.30. The summed E-state index contributed by atoms with van der Waals surface area (Å²) in [7, 11) is -0.462.